The average molecular weight is 501 g/mol. The summed E-state index contributed by atoms with van der Waals surface area (Å²) >= 11 is 0. The van der Waals surface area contributed by atoms with Crippen LogP contribution in [0.25, 0.3) is 33.1 Å². The van der Waals surface area contributed by atoms with Crippen molar-refractivity contribution in [2.24, 2.45) is 0 Å². The Morgan fingerprint density at radius 1 is 0.514 bits per heavy atom. The first-order valence-corrected chi connectivity index (χ1v) is 14.3. The van der Waals surface area contributed by atoms with Gasteiger partial charge in [0, 0.05) is 12.8 Å². The van der Waals surface area contributed by atoms with Crippen molar-refractivity contribution >= 4 is 33.1 Å². The third-order valence-electron chi connectivity index (χ3n) is 7.18. The van der Waals surface area contributed by atoms with Gasteiger partial charge in [-0.1, -0.05) is 58.8 Å². The lowest BCUT2D eigenvalue weighted by atomic mass is 10.1. The number of fused-ring (bicyclic) bond motifs is 3. The maximum Gasteiger partial charge on any atom is 0.107 e. The van der Waals surface area contributed by atoms with Gasteiger partial charge >= 0.3 is 0 Å². The van der Waals surface area contributed by atoms with E-state index in [1.54, 1.807) is 0 Å². The van der Waals surface area contributed by atoms with Crippen molar-refractivity contribution in [2.75, 3.05) is 0 Å². The van der Waals surface area contributed by atoms with E-state index < -0.39 is 0 Å². The number of unbranched alkanes of at least 4 members (excludes halogenated alkanes) is 7. The van der Waals surface area contributed by atoms with Crippen molar-refractivity contribution in [1.29, 1.82) is 0 Å². The quantitative estimate of drug-likeness (QED) is 0.159. The van der Waals surface area contributed by atoms with Crippen LogP contribution in [0.3, 0.4) is 0 Å². The van der Waals surface area contributed by atoms with E-state index in [9.17, 15) is 0 Å². The molecular formula is C31H44N6. The molecule has 198 valence electrons. The van der Waals surface area contributed by atoms with Crippen LogP contribution >= 0.6 is 0 Å². The van der Waals surface area contributed by atoms with Gasteiger partial charge in [-0.15, -0.1) is 0 Å². The number of benzene rings is 2. The van der Waals surface area contributed by atoms with E-state index in [4.69, 9.17) is 4.98 Å². The summed E-state index contributed by atoms with van der Waals surface area (Å²) in [5, 5.41) is 0. The highest BCUT2D eigenvalue weighted by Crippen LogP contribution is 2.21. The minimum atomic E-state index is 0.945. The van der Waals surface area contributed by atoms with Crippen LogP contribution < -0.4 is 0 Å². The number of aryl methyl sites for hydroxylation is 5. The number of aromatic amines is 3. The van der Waals surface area contributed by atoms with Gasteiger partial charge in [0.2, 0.25) is 0 Å². The molecule has 0 aliphatic rings. The molecule has 2 aromatic carbocycles. The number of aromatic nitrogens is 6. The highest BCUT2D eigenvalue weighted by molar-refractivity contribution is 5.91. The van der Waals surface area contributed by atoms with Crippen LogP contribution in [0.2, 0.25) is 0 Å². The fourth-order valence-electron chi connectivity index (χ4n) is 4.87. The summed E-state index contributed by atoms with van der Waals surface area (Å²) in [4.78, 5) is 23.9. The second-order valence-electron chi connectivity index (χ2n) is 10.5. The molecule has 0 aliphatic carbocycles. The lowest BCUT2D eigenvalue weighted by Gasteiger charge is -1.98. The van der Waals surface area contributed by atoms with Crippen molar-refractivity contribution in [1.82, 2.24) is 29.9 Å². The van der Waals surface area contributed by atoms with E-state index in [2.05, 4.69) is 70.8 Å². The zero-order valence-corrected chi connectivity index (χ0v) is 23.4. The Morgan fingerprint density at radius 3 is 1.70 bits per heavy atom. The molecule has 3 N–H and O–H groups in total. The molecule has 0 amide bonds. The molecule has 0 saturated carbocycles. The van der Waals surface area contributed by atoms with Gasteiger partial charge in [-0.2, -0.15) is 0 Å². The number of nitrogens with zero attached hydrogens (tertiary/aromatic N) is 3. The van der Waals surface area contributed by atoms with Gasteiger partial charge in [0.05, 0.1) is 33.1 Å². The molecule has 37 heavy (non-hydrogen) atoms. The number of imidazole rings is 3. The Kier molecular flexibility index (Phi) is 9.37. The van der Waals surface area contributed by atoms with Gasteiger partial charge in [0.25, 0.3) is 0 Å². The summed E-state index contributed by atoms with van der Waals surface area (Å²) in [6.07, 6.45) is 13.8. The summed E-state index contributed by atoms with van der Waals surface area (Å²) in [7, 11) is 0. The summed E-state index contributed by atoms with van der Waals surface area (Å²) in [5.74, 6) is 3.18. The highest BCUT2D eigenvalue weighted by Gasteiger charge is 2.07. The Morgan fingerprint density at radius 2 is 1.00 bits per heavy atom. The first-order chi connectivity index (χ1) is 18.0. The number of rotatable bonds is 11. The van der Waals surface area contributed by atoms with Crippen LogP contribution in [0.15, 0.2) is 24.3 Å². The van der Waals surface area contributed by atoms with Crippen molar-refractivity contribution in [3.8, 4) is 0 Å². The number of nitrogens with one attached hydrogen (secondary N) is 3. The fraction of sp³-hybridized carbons (Fsp3) is 0.516. The van der Waals surface area contributed by atoms with Gasteiger partial charge in [-0.25, -0.2) is 15.0 Å². The van der Waals surface area contributed by atoms with E-state index in [-0.39, 0.29) is 0 Å². The molecule has 0 atom stereocenters. The Labute approximate surface area is 221 Å². The van der Waals surface area contributed by atoms with E-state index >= 15 is 0 Å². The average Bonchev–Trinajstić information content (AvgIpc) is 3.55. The zero-order valence-electron chi connectivity index (χ0n) is 23.4. The molecule has 3 aromatic heterocycles. The van der Waals surface area contributed by atoms with Crippen molar-refractivity contribution in [2.45, 2.75) is 105 Å². The third-order valence-corrected chi connectivity index (χ3v) is 7.18. The molecule has 6 nitrogen and oxygen atoms in total. The molecular weight excluding hydrogens is 456 g/mol. The molecule has 0 spiro atoms. The second-order valence-corrected chi connectivity index (χ2v) is 10.5. The molecule has 0 aliphatic heterocycles. The van der Waals surface area contributed by atoms with Crippen molar-refractivity contribution in [3.05, 3.63) is 52.9 Å². The first-order valence-electron chi connectivity index (χ1n) is 14.3. The van der Waals surface area contributed by atoms with Gasteiger partial charge in [-0.05, 0) is 69.0 Å². The Bertz CT molecular complexity index is 1330. The standard InChI is InChI=1S/C17H26N2.C14H18N4/c1-4-5-6-7-8-9-10-17-18-15-11-13(2)14(3)12-16(15)19-17;1-3-4-5-6-14-17-12-7-10-11(8-13(12)18-14)16-9(2)15-10/h11-12H,4-10H2,1-3H3,(H,18,19);7-8H,3-6H2,1-2H3,(H,15,16)(H,17,18). The maximum atomic E-state index is 4.69. The van der Waals surface area contributed by atoms with Crippen molar-refractivity contribution < 1.29 is 0 Å². The number of H-pyrrole nitrogens is 3. The molecule has 0 fully saturated rings. The highest BCUT2D eigenvalue weighted by atomic mass is 14.9. The molecule has 5 aromatic rings. The first kappa shape index (κ1) is 26.9. The summed E-state index contributed by atoms with van der Waals surface area (Å²) in [6, 6.07) is 8.54. The molecule has 0 unspecified atom stereocenters. The monoisotopic (exact) mass is 500 g/mol. The van der Waals surface area contributed by atoms with Crippen LogP contribution in [0.4, 0.5) is 0 Å². The molecule has 0 bridgehead atoms. The van der Waals surface area contributed by atoms with Crippen LogP contribution in [0.1, 0.15) is 100 Å². The molecule has 6 heteroatoms. The van der Waals surface area contributed by atoms with E-state index in [0.717, 1.165) is 57.9 Å². The molecule has 5 rings (SSSR count). The van der Waals surface area contributed by atoms with E-state index in [1.807, 2.05) is 13.0 Å². The zero-order chi connectivity index (χ0) is 26.2. The van der Waals surface area contributed by atoms with Gasteiger partial charge < -0.3 is 15.0 Å². The molecule has 3 heterocycles. The largest absolute Gasteiger partial charge is 0.342 e. The van der Waals surface area contributed by atoms with Crippen LogP contribution in [0.5, 0.6) is 0 Å². The normalized spacial score (nSPS) is 11.5. The minimum absolute atomic E-state index is 0.945. The van der Waals surface area contributed by atoms with Crippen LogP contribution in [-0.4, -0.2) is 29.9 Å². The van der Waals surface area contributed by atoms with E-state index in [0.29, 0.717) is 0 Å². The smallest absolute Gasteiger partial charge is 0.107 e. The topological polar surface area (TPSA) is 86.0 Å². The summed E-state index contributed by atoms with van der Waals surface area (Å²) in [5.41, 5.74) is 9.13. The lowest BCUT2D eigenvalue weighted by Crippen LogP contribution is -1.88. The third kappa shape index (κ3) is 7.21. The van der Waals surface area contributed by atoms with Gasteiger partial charge in [-0.3, -0.25) is 0 Å². The van der Waals surface area contributed by atoms with Crippen LogP contribution in [-0.2, 0) is 12.8 Å². The predicted molar refractivity (Wildman–Crippen MR) is 156 cm³/mol. The van der Waals surface area contributed by atoms with Crippen molar-refractivity contribution in [3.63, 3.8) is 0 Å². The molecule has 0 radical (unpaired) electrons. The summed E-state index contributed by atoms with van der Waals surface area (Å²) in [6.45, 7) is 10.8. The maximum absolute atomic E-state index is 4.69. The van der Waals surface area contributed by atoms with Crippen LogP contribution in [0, 0.1) is 20.8 Å². The minimum Gasteiger partial charge on any atom is -0.342 e. The lowest BCUT2D eigenvalue weighted by molar-refractivity contribution is 0.602. The Hall–Kier alpha value is -3.15. The van der Waals surface area contributed by atoms with Gasteiger partial charge in [0.1, 0.15) is 17.5 Å². The van der Waals surface area contributed by atoms with Gasteiger partial charge in [0.15, 0.2) is 0 Å². The number of hydrogen-bond acceptors (Lipinski definition) is 3. The Balaban J connectivity index is 0.000000173. The molecule has 0 saturated heterocycles. The number of hydrogen-bond donors (Lipinski definition) is 3. The van der Waals surface area contributed by atoms with E-state index in [1.165, 1.54) is 74.4 Å². The summed E-state index contributed by atoms with van der Waals surface area (Å²) < 4.78 is 0. The fourth-order valence-corrected chi connectivity index (χ4v) is 4.87. The predicted octanol–water partition coefficient (Wildman–Crippen LogP) is 8.56. The second kappa shape index (κ2) is 12.9. The SMILES string of the molecule is CCCCCCCCc1nc2cc(C)c(C)cc2[nH]1.CCCCCc1nc2cc3nc(C)[nH]c3cc2[nH]1.